The molecule has 0 radical (unpaired) electrons. The van der Waals surface area contributed by atoms with Crippen LogP contribution < -0.4 is 0 Å². The molecule has 3 heteroatoms. The Labute approximate surface area is 67.5 Å². The third kappa shape index (κ3) is 9.34. The van der Waals surface area contributed by atoms with Crippen molar-refractivity contribution in [3.05, 3.63) is 0 Å². The normalized spacial score (nSPS) is 9.73. The quantitative estimate of drug-likeness (QED) is 0.332. The van der Waals surface area contributed by atoms with Gasteiger partial charge in [-0.05, 0) is 12.3 Å². The minimum Gasteiger partial charge on any atom is -0.379 e. The van der Waals surface area contributed by atoms with Gasteiger partial charge in [-0.15, -0.1) is 0 Å². The topological polar surface area (TPSA) is 38.7 Å². The van der Waals surface area contributed by atoms with Gasteiger partial charge in [-0.2, -0.15) is 0 Å². The maximum absolute atomic E-state index is 9.60. The Bertz CT molecular complexity index is 128. The third-order valence-corrected chi connectivity index (χ3v) is 1.25. The molecule has 0 aliphatic carbocycles. The van der Waals surface area contributed by atoms with Crippen molar-refractivity contribution in [2.75, 3.05) is 19.8 Å². The molecule has 0 fully saturated rings. The van der Waals surface area contributed by atoms with Crippen LogP contribution in [0.4, 0.5) is 0 Å². The first-order valence-corrected chi connectivity index (χ1v) is 3.88. The Balaban J connectivity index is 2.96. The van der Waals surface area contributed by atoms with Crippen molar-refractivity contribution in [3.63, 3.8) is 0 Å². The van der Waals surface area contributed by atoms with E-state index in [1.165, 1.54) is 6.08 Å². The van der Waals surface area contributed by atoms with Gasteiger partial charge in [-0.1, -0.05) is 13.8 Å². The molecule has 0 bridgehead atoms. The lowest BCUT2D eigenvalue weighted by Crippen LogP contribution is -2.02. The smallest absolute Gasteiger partial charge is 0.235 e. The first-order valence-electron chi connectivity index (χ1n) is 3.88. The van der Waals surface area contributed by atoms with Crippen LogP contribution in [0.5, 0.6) is 0 Å². The largest absolute Gasteiger partial charge is 0.379 e. The molecule has 0 saturated heterocycles. The van der Waals surface area contributed by atoms with Gasteiger partial charge in [0.1, 0.15) is 0 Å². The summed E-state index contributed by atoms with van der Waals surface area (Å²) in [5, 5.41) is 0. The number of ether oxygens (including phenoxy) is 1. The Hall–Kier alpha value is -0.660. The van der Waals surface area contributed by atoms with E-state index in [2.05, 4.69) is 18.8 Å². The molecular weight excluding hydrogens is 142 g/mol. The molecular formula is C8H15NO2. The summed E-state index contributed by atoms with van der Waals surface area (Å²) in [5.74, 6) is 0.671. The predicted octanol–water partition coefficient (Wildman–Crippen LogP) is 1.38. The Morgan fingerprint density at radius 1 is 1.45 bits per heavy atom. The van der Waals surface area contributed by atoms with Gasteiger partial charge < -0.3 is 4.74 Å². The predicted molar refractivity (Wildman–Crippen MR) is 43.3 cm³/mol. The highest BCUT2D eigenvalue weighted by Gasteiger charge is 1.92. The molecule has 0 N–H and O–H groups in total. The summed E-state index contributed by atoms with van der Waals surface area (Å²) >= 11 is 0. The molecule has 0 aliphatic rings. The molecule has 0 unspecified atom stereocenters. The average Bonchev–Trinajstić information content (AvgIpc) is 1.96. The minimum absolute atomic E-state index is 0.432. The van der Waals surface area contributed by atoms with Crippen LogP contribution in [0, 0.1) is 5.92 Å². The number of hydrogen-bond acceptors (Lipinski definition) is 3. The van der Waals surface area contributed by atoms with Gasteiger partial charge in [0.2, 0.25) is 6.08 Å². The molecule has 0 aromatic rings. The summed E-state index contributed by atoms with van der Waals surface area (Å²) in [4.78, 5) is 13.0. The number of nitrogens with zero attached hydrogens (tertiary/aromatic N) is 1. The summed E-state index contributed by atoms with van der Waals surface area (Å²) in [6, 6.07) is 0. The Morgan fingerprint density at radius 3 is 2.73 bits per heavy atom. The van der Waals surface area contributed by atoms with Crippen molar-refractivity contribution >= 4 is 6.08 Å². The van der Waals surface area contributed by atoms with Gasteiger partial charge in [0.25, 0.3) is 0 Å². The van der Waals surface area contributed by atoms with E-state index in [4.69, 9.17) is 4.74 Å². The number of rotatable bonds is 6. The summed E-state index contributed by atoms with van der Waals surface area (Å²) in [5.41, 5.74) is 0. The van der Waals surface area contributed by atoms with Crippen LogP contribution in [-0.4, -0.2) is 25.8 Å². The fourth-order valence-electron chi connectivity index (χ4n) is 0.577. The average molecular weight is 157 g/mol. The van der Waals surface area contributed by atoms with E-state index in [1.807, 2.05) is 0 Å². The maximum atomic E-state index is 9.60. The van der Waals surface area contributed by atoms with Crippen molar-refractivity contribution in [2.45, 2.75) is 20.3 Å². The summed E-state index contributed by atoms with van der Waals surface area (Å²) in [6.45, 7) is 6.01. The zero-order valence-corrected chi connectivity index (χ0v) is 7.17. The fraction of sp³-hybridized carbons (Fsp3) is 0.875. The van der Waals surface area contributed by atoms with E-state index in [-0.39, 0.29) is 0 Å². The van der Waals surface area contributed by atoms with E-state index >= 15 is 0 Å². The molecule has 3 nitrogen and oxygen atoms in total. The molecule has 0 heterocycles. The molecule has 0 atom stereocenters. The van der Waals surface area contributed by atoms with Crippen molar-refractivity contribution in [1.82, 2.24) is 0 Å². The standard InChI is InChI=1S/C8H15NO2/c1-8(2)3-5-11-6-4-9-7-10/h8H,3-6H2,1-2H3. The lowest BCUT2D eigenvalue weighted by molar-refractivity contribution is 0.131. The summed E-state index contributed by atoms with van der Waals surface area (Å²) < 4.78 is 5.17. The lowest BCUT2D eigenvalue weighted by Gasteiger charge is -2.03. The molecule has 0 aliphatic heterocycles. The van der Waals surface area contributed by atoms with Gasteiger partial charge in [-0.3, -0.25) is 0 Å². The molecule has 0 rings (SSSR count). The SMILES string of the molecule is CC(C)CCOCCN=C=O. The first kappa shape index (κ1) is 10.3. The first-order chi connectivity index (χ1) is 5.27. The van der Waals surface area contributed by atoms with Crippen molar-refractivity contribution < 1.29 is 9.53 Å². The highest BCUT2D eigenvalue weighted by molar-refractivity contribution is 5.32. The monoisotopic (exact) mass is 157 g/mol. The maximum Gasteiger partial charge on any atom is 0.235 e. The molecule has 0 saturated carbocycles. The molecule has 0 aromatic heterocycles. The van der Waals surface area contributed by atoms with E-state index < -0.39 is 0 Å². The van der Waals surface area contributed by atoms with Crippen LogP contribution >= 0.6 is 0 Å². The van der Waals surface area contributed by atoms with E-state index in [9.17, 15) is 4.79 Å². The fourth-order valence-corrected chi connectivity index (χ4v) is 0.577. The Morgan fingerprint density at radius 2 is 2.18 bits per heavy atom. The van der Waals surface area contributed by atoms with Crippen LogP contribution in [0.15, 0.2) is 4.99 Å². The van der Waals surface area contributed by atoms with E-state index in [0.717, 1.165) is 13.0 Å². The van der Waals surface area contributed by atoms with Gasteiger partial charge in [0.05, 0.1) is 13.2 Å². The molecule has 0 spiro atoms. The van der Waals surface area contributed by atoms with Crippen molar-refractivity contribution in [1.29, 1.82) is 0 Å². The van der Waals surface area contributed by atoms with Crippen LogP contribution in [-0.2, 0) is 9.53 Å². The van der Waals surface area contributed by atoms with Crippen LogP contribution in [0.3, 0.4) is 0 Å². The van der Waals surface area contributed by atoms with Crippen molar-refractivity contribution in [2.24, 2.45) is 10.9 Å². The minimum atomic E-state index is 0.432. The zero-order valence-electron chi connectivity index (χ0n) is 7.17. The number of hydrogen-bond donors (Lipinski definition) is 0. The molecule has 64 valence electrons. The van der Waals surface area contributed by atoms with Crippen LogP contribution in [0.25, 0.3) is 0 Å². The highest BCUT2D eigenvalue weighted by atomic mass is 16.5. The van der Waals surface area contributed by atoms with E-state index in [0.29, 0.717) is 19.1 Å². The van der Waals surface area contributed by atoms with E-state index in [1.54, 1.807) is 0 Å². The van der Waals surface area contributed by atoms with Gasteiger partial charge in [0.15, 0.2) is 0 Å². The summed E-state index contributed by atoms with van der Waals surface area (Å²) in [6.07, 6.45) is 2.52. The molecule has 0 amide bonds. The molecule has 11 heavy (non-hydrogen) atoms. The third-order valence-electron chi connectivity index (χ3n) is 1.25. The van der Waals surface area contributed by atoms with Gasteiger partial charge >= 0.3 is 0 Å². The summed E-state index contributed by atoms with van der Waals surface area (Å²) in [7, 11) is 0. The van der Waals surface area contributed by atoms with Crippen LogP contribution in [0.1, 0.15) is 20.3 Å². The zero-order chi connectivity index (χ0) is 8.53. The number of carbonyl (C=O) groups excluding carboxylic acids is 1. The second-order valence-corrected chi connectivity index (χ2v) is 2.77. The lowest BCUT2D eigenvalue weighted by atomic mass is 10.1. The van der Waals surface area contributed by atoms with Gasteiger partial charge in [-0.25, -0.2) is 9.79 Å². The molecule has 0 aromatic carbocycles. The van der Waals surface area contributed by atoms with Gasteiger partial charge in [0, 0.05) is 6.61 Å². The number of isocyanates is 1. The van der Waals surface area contributed by atoms with Crippen LogP contribution in [0.2, 0.25) is 0 Å². The van der Waals surface area contributed by atoms with Crippen molar-refractivity contribution in [3.8, 4) is 0 Å². The second kappa shape index (κ2) is 7.45. The number of aliphatic imine (C=N–C) groups is 1. The highest BCUT2D eigenvalue weighted by Crippen LogP contribution is 1.98. The second-order valence-electron chi connectivity index (χ2n) is 2.77. The Kier molecular flexibility index (Phi) is 7.00.